The van der Waals surface area contributed by atoms with Crippen LogP contribution in [0.5, 0.6) is 0 Å². The molecule has 60 valence electrons. The summed E-state index contributed by atoms with van der Waals surface area (Å²) in [5.41, 5.74) is 5.41. The van der Waals surface area contributed by atoms with Gasteiger partial charge in [-0.2, -0.15) is 0 Å². The molecule has 0 fully saturated rings. The van der Waals surface area contributed by atoms with Gasteiger partial charge in [-0.05, 0) is 25.8 Å². The SMILES string of the molecule is CC(=O)[C@@H](C)C[C@H](C)CN. The van der Waals surface area contributed by atoms with Gasteiger partial charge < -0.3 is 5.73 Å². The standard InChI is InChI=1S/C8H17NO/c1-6(5-9)4-7(2)8(3)10/h6-7H,4-5,9H2,1-3H3/t6-,7-/m0/s1. The molecule has 0 amide bonds. The van der Waals surface area contributed by atoms with Crippen LogP contribution in [0.4, 0.5) is 0 Å². The van der Waals surface area contributed by atoms with Gasteiger partial charge in [-0.3, -0.25) is 4.79 Å². The molecule has 0 aromatic heterocycles. The van der Waals surface area contributed by atoms with Crippen molar-refractivity contribution in [2.24, 2.45) is 17.6 Å². The summed E-state index contributed by atoms with van der Waals surface area (Å²) in [6.07, 6.45) is 0.922. The Kier molecular flexibility index (Phi) is 4.28. The molecule has 0 unspecified atom stereocenters. The highest BCUT2D eigenvalue weighted by Crippen LogP contribution is 2.10. The van der Waals surface area contributed by atoms with Crippen molar-refractivity contribution in [1.29, 1.82) is 0 Å². The molecule has 0 saturated carbocycles. The van der Waals surface area contributed by atoms with Crippen LogP contribution in [0.2, 0.25) is 0 Å². The van der Waals surface area contributed by atoms with E-state index >= 15 is 0 Å². The van der Waals surface area contributed by atoms with E-state index in [9.17, 15) is 4.79 Å². The van der Waals surface area contributed by atoms with Crippen LogP contribution < -0.4 is 5.73 Å². The number of nitrogens with two attached hydrogens (primary N) is 1. The number of hydrogen-bond donors (Lipinski definition) is 1. The van der Waals surface area contributed by atoms with Gasteiger partial charge in [-0.1, -0.05) is 13.8 Å². The topological polar surface area (TPSA) is 43.1 Å². The fourth-order valence-electron chi connectivity index (χ4n) is 0.866. The molecule has 0 heterocycles. The zero-order valence-corrected chi connectivity index (χ0v) is 7.05. The van der Waals surface area contributed by atoms with Gasteiger partial charge in [-0.15, -0.1) is 0 Å². The second kappa shape index (κ2) is 4.45. The summed E-state index contributed by atoms with van der Waals surface area (Å²) in [7, 11) is 0. The van der Waals surface area contributed by atoms with Gasteiger partial charge in [0, 0.05) is 5.92 Å². The zero-order chi connectivity index (χ0) is 8.15. The van der Waals surface area contributed by atoms with E-state index in [-0.39, 0.29) is 11.7 Å². The summed E-state index contributed by atoms with van der Waals surface area (Å²) in [5, 5.41) is 0. The summed E-state index contributed by atoms with van der Waals surface area (Å²) >= 11 is 0. The average molecular weight is 143 g/mol. The molecule has 0 rings (SSSR count). The van der Waals surface area contributed by atoms with Gasteiger partial charge in [0.2, 0.25) is 0 Å². The molecule has 0 spiro atoms. The van der Waals surface area contributed by atoms with E-state index in [1.807, 2.05) is 6.92 Å². The van der Waals surface area contributed by atoms with Gasteiger partial charge in [0.15, 0.2) is 0 Å². The summed E-state index contributed by atoms with van der Waals surface area (Å²) < 4.78 is 0. The van der Waals surface area contributed by atoms with Crippen molar-refractivity contribution in [1.82, 2.24) is 0 Å². The van der Waals surface area contributed by atoms with Crippen LogP contribution in [-0.2, 0) is 4.79 Å². The molecule has 0 aliphatic heterocycles. The van der Waals surface area contributed by atoms with Gasteiger partial charge in [0.25, 0.3) is 0 Å². The third-order valence-corrected chi connectivity index (χ3v) is 1.85. The van der Waals surface area contributed by atoms with E-state index in [0.717, 1.165) is 6.42 Å². The van der Waals surface area contributed by atoms with E-state index in [0.29, 0.717) is 12.5 Å². The molecule has 0 saturated heterocycles. The first-order valence-electron chi connectivity index (χ1n) is 3.78. The maximum atomic E-state index is 10.8. The first-order valence-corrected chi connectivity index (χ1v) is 3.78. The maximum absolute atomic E-state index is 10.8. The van der Waals surface area contributed by atoms with Crippen LogP contribution in [-0.4, -0.2) is 12.3 Å². The molecule has 10 heavy (non-hydrogen) atoms. The van der Waals surface area contributed by atoms with Gasteiger partial charge in [0.05, 0.1) is 0 Å². The highest BCUT2D eigenvalue weighted by molar-refractivity contribution is 5.77. The molecule has 0 aliphatic carbocycles. The largest absolute Gasteiger partial charge is 0.330 e. The van der Waals surface area contributed by atoms with Gasteiger partial charge in [-0.25, -0.2) is 0 Å². The molecule has 0 radical (unpaired) electrons. The third-order valence-electron chi connectivity index (χ3n) is 1.85. The molecule has 2 N–H and O–H groups in total. The number of carbonyl (C=O) groups excluding carboxylic acids is 1. The highest BCUT2D eigenvalue weighted by atomic mass is 16.1. The maximum Gasteiger partial charge on any atom is 0.132 e. The molecular weight excluding hydrogens is 126 g/mol. The van der Waals surface area contributed by atoms with Crippen LogP contribution in [0.3, 0.4) is 0 Å². The quantitative estimate of drug-likeness (QED) is 0.642. The number of rotatable bonds is 4. The highest BCUT2D eigenvalue weighted by Gasteiger charge is 2.10. The number of ketones is 1. The van der Waals surface area contributed by atoms with Crippen molar-refractivity contribution in [3.05, 3.63) is 0 Å². The lowest BCUT2D eigenvalue weighted by atomic mass is 9.95. The van der Waals surface area contributed by atoms with E-state index in [1.54, 1.807) is 6.92 Å². The number of hydrogen-bond acceptors (Lipinski definition) is 2. The normalized spacial score (nSPS) is 16.4. The lowest BCUT2D eigenvalue weighted by Crippen LogP contribution is -2.17. The summed E-state index contributed by atoms with van der Waals surface area (Å²) in [4.78, 5) is 10.8. The van der Waals surface area contributed by atoms with E-state index in [4.69, 9.17) is 5.73 Å². The smallest absolute Gasteiger partial charge is 0.132 e. The molecule has 2 atom stereocenters. The van der Waals surface area contributed by atoms with E-state index < -0.39 is 0 Å². The molecule has 0 aromatic carbocycles. The van der Waals surface area contributed by atoms with Crippen molar-refractivity contribution in [3.63, 3.8) is 0 Å². The minimum absolute atomic E-state index is 0.179. The van der Waals surface area contributed by atoms with E-state index in [2.05, 4.69) is 6.92 Å². The van der Waals surface area contributed by atoms with Gasteiger partial charge >= 0.3 is 0 Å². The monoisotopic (exact) mass is 143 g/mol. The Balaban J connectivity index is 3.56. The van der Waals surface area contributed by atoms with Crippen molar-refractivity contribution < 1.29 is 4.79 Å². The first kappa shape index (κ1) is 9.63. The lowest BCUT2D eigenvalue weighted by Gasteiger charge is -2.11. The lowest BCUT2D eigenvalue weighted by molar-refractivity contribution is -0.120. The third kappa shape index (κ3) is 3.62. The van der Waals surface area contributed by atoms with Crippen molar-refractivity contribution in [3.8, 4) is 0 Å². The van der Waals surface area contributed by atoms with Crippen LogP contribution in [0, 0.1) is 11.8 Å². The molecule has 0 bridgehead atoms. The second-order valence-corrected chi connectivity index (χ2v) is 3.09. The molecule has 2 heteroatoms. The Bertz CT molecular complexity index is 112. The van der Waals surface area contributed by atoms with Crippen molar-refractivity contribution >= 4 is 5.78 Å². The van der Waals surface area contributed by atoms with Crippen molar-refractivity contribution in [2.75, 3.05) is 6.54 Å². The van der Waals surface area contributed by atoms with Gasteiger partial charge in [0.1, 0.15) is 5.78 Å². The molecule has 2 nitrogen and oxygen atoms in total. The summed E-state index contributed by atoms with van der Waals surface area (Å²) in [5.74, 6) is 0.915. The molecule has 0 aromatic rings. The van der Waals surface area contributed by atoms with Crippen LogP contribution in [0.1, 0.15) is 27.2 Å². The Morgan fingerprint density at radius 2 is 2.00 bits per heavy atom. The minimum Gasteiger partial charge on any atom is -0.330 e. The second-order valence-electron chi connectivity index (χ2n) is 3.09. The Morgan fingerprint density at radius 3 is 2.30 bits per heavy atom. The summed E-state index contributed by atoms with van der Waals surface area (Å²) in [6.45, 7) is 6.33. The Morgan fingerprint density at radius 1 is 1.50 bits per heavy atom. The van der Waals surface area contributed by atoms with E-state index in [1.165, 1.54) is 0 Å². The number of carbonyl (C=O) groups is 1. The van der Waals surface area contributed by atoms with Crippen molar-refractivity contribution in [2.45, 2.75) is 27.2 Å². The zero-order valence-electron chi connectivity index (χ0n) is 7.05. The predicted octanol–water partition coefficient (Wildman–Crippen LogP) is 1.20. The summed E-state index contributed by atoms with van der Waals surface area (Å²) in [6, 6.07) is 0. The number of Topliss-reactive ketones (excluding diaryl/α,β-unsaturated/α-hetero) is 1. The molecular formula is C8H17NO. The van der Waals surface area contributed by atoms with Crippen LogP contribution in [0.15, 0.2) is 0 Å². The molecule has 0 aliphatic rings. The van der Waals surface area contributed by atoms with Crippen LogP contribution >= 0.6 is 0 Å². The minimum atomic E-state index is 0.179. The average Bonchev–Trinajstić information content (AvgIpc) is 1.87. The fourth-order valence-corrected chi connectivity index (χ4v) is 0.866. The fraction of sp³-hybridized carbons (Fsp3) is 0.875. The Labute approximate surface area is 62.8 Å². The predicted molar refractivity (Wildman–Crippen MR) is 42.7 cm³/mol. The first-order chi connectivity index (χ1) is 4.57. The Hall–Kier alpha value is -0.370. The van der Waals surface area contributed by atoms with Crippen LogP contribution in [0.25, 0.3) is 0 Å².